The Bertz CT molecular complexity index is 916. The van der Waals surface area contributed by atoms with Gasteiger partial charge in [-0.25, -0.2) is 9.97 Å². The van der Waals surface area contributed by atoms with E-state index in [0.717, 1.165) is 36.7 Å². The van der Waals surface area contributed by atoms with Crippen molar-refractivity contribution in [3.63, 3.8) is 0 Å². The lowest BCUT2D eigenvalue weighted by atomic mass is 10.2. The molecular formula is C33H39N3. The molecule has 1 saturated carbocycles. The summed E-state index contributed by atoms with van der Waals surface area (Å²) in [5.41, 5.74) is 7.41. The lowest BCUT2D eigenvalue weighted by Gasteiger charge is -1.91. The van der Waals surface area contributed by atoms with Gasteiger partial charge in [0.15, 0.2) is 0 Å². The van der Waals surface area contributed by atoms with Crippen LogP contribution in [-0.4, -0.2) is 15.0 Å². The topological polar surface area (TPSA) is 38.7 Å². The molecule has 36 heavy (non-hydrogen) atoms. The number of benzene rings is 1. The molecule has 0 aliphatic heterocycles. The first kappa shape index (κ1) is 31.7. The molecule has 1 aromatic carbocycles. The summed E-state index contributed by atoms with van der Waals surface area (Å²) in [6, 6.07) is 18.0. The van der Waals surface area contributed by atoms with E-state index in [1.807, 2.05) is 54.6 Å². The molecule has 0 bridgehead atoms. The van der Waals surface area contributed by atoms with Gasteiger partial charge < -0.3 is 0 Å². The van der Waals surface area contributed by atoms with E-state index in [1.165, 1.54) is 18.4 Å². The van der Waals surface area contributed by atoms with Crippen LogP contribution in [0.3, 0.4) is 0 Å². The Balaban J connectivity index is 0.000000441. The fourth-order valence-corrected chi connectivity index (χ4v) is 2.44. The second-order valence-electron chi connectivity index (χ2n) is 7.41. The maximum atomic E-state index is 4.10. The molecule has 3 aromatic rings. The van der Waals surface area contributed by atoms with Crippen molar-refractivity contribution in [1.29, 1.82) is 0 Å². The zero-order valence-electron chi connectivity index (χ0n) is 21.4. The number of hydrogen-bond acceptors (Lipinski definition) is 3. The Hall–Kier alpha value is -4.29. The van der Waals surface area contributed by atoms with Crippen LogP contribution in [0.1, 0.15) is 29.9 Å². The van der Waals surface area contributed by atoms with Gasteiger partial charge in [0, 0.05) is 37.1 Å². The Morgan fingerprint density at radius 1 is 0.694 bits per heavy atom. The van der Waals surface area contributed by atoms with Crippen molar-refractivity contribution in [2.24, 2.45) is 5.92 Å². The van der Waals surface area contributed by atoms with E-state index in [2.05, 4.69) is 78.0 Å². The highest BCUT2D eigenvalue weighted by Gasteiger charge is 2.16. The summed E-state index contributed by atoms with van der Waals surface area (Å²) in [7, 11) is 0. The first-order chi connectivity index (χ1) is 17.6. The minimum Gasteiger partial charge on any atom is -0.261 e. The molecule has 0 saturated heterocycles. The van der Waals surface area contributed by atoms with Gasteiger partial charge in [0.25, 0.3) is 0 Å². The third-order valence-electron chi connectivity index (χ3n) is 4.22. The molecule has 3 heteroatoms. The fraction of sp³-hybridized carbons (Fsp3) is 0.182. The van der Waals surface area contributed by atoms with Crippen LogP contribution in [-0.2, 0) is 19.3 Å². The van der Waals surface area contributed by atoms with E-state index >= 15 is 0 Å². The van der Waals surface area contributed by atoms with Crippen LogP contribution >= 0.6 is 0 Å². The van der Waals surface area contributed by atoms with Crippen molar-refractivity contribution in [3.8, 4) is 0 Å². The van der Waals surface area contributed by atoms with Crippen LogP contribution < -0.4 is 0 Å². The highest BCUT2D eigenvalue weighted by atomic mass is 14.8. The Morgan fingerprint density at radius 2 is 1.25 bits per heavy atom. The molecule has 0 atom stereocenters. The smallest absolute Gasteiger partial charge is 0.131 e. The molecule has 4 rings (SSSR count). The SMILES string of the molecule is C=C=C.C=C=CC1CC1.C=CCc1ccccc1.C=CCc1ccccn1.C=CCc1ncccn1. The number of allylic oxidation sites excluding steroid dienone is 4. The minimum absolute atomic E-state index is 0.751. The summed E-state index contributed by atoms with van der Waals surface area (Å²) in [6.45, 7) is 20.6. The number of hydrogen-bond donors (Lipinski definition) is 0. The van der Waals surface area contributed by atoms with Gasteiger partial charge in [-0.1, -0.05) is 74.4 Å². The maximum Gasteiger partial charge on any atom is 0.131 e. The van der Waals surface area contributed by atoms with Gasteiger partial charge in [0.2, 0.25) is 0 Å². The van der Waals surface area contributed by atoms with Crippen molar-refractivity contribution in [2.75, 3.05) is 0 Å². The highest BCUT2D eigenvalue weighted by molar-refractivity contribution is 5.16. The van der Waals surface area contributed by atoms with E-state index in [4.69, 9.17) is 0 Å². The molecule has 0 N–H and O–H groups in total. The second kappa shape index (κ2) is 23.9. The standard InChI is InChI=1S/C9H10.C8H9N.C7H8N2.C6H8.C3H4/c1-2-6-9-7-4-3-5-8-9;1-2-5-8-6-3-4-7-9-8;1-2-4-7-8-5-3-6-9-7;1-2-3-6-4-5-6;1-3-2/h2-5,7-8H,1,6H2;2-4,6-7H,1,5H2;2-3,5-6H,1,4H2;3,6H,1,4-5H2;1-2H2. The van der Waals surface area contributed by atoms with Crippen LogP contribution in [0.4, 0.5) is 0 Å². The summed E-state index contributed by atoms with van der Waals surface area (Å²) in [5, 5.41) is 0. The minimum atomic E-state index is 0.751. The third kappa shape index (κ3) is 20.3. The normalized spacial score (nSPS) is 10.1. The zero-order valence-corrected chi connectivity index (χ0v) is 21.4. The van der Waals surface area contributed by atoms with Crippen molar-refractivity contribution in [1.82, 2.24) is 15.0 Å². The van der Waals surface area contributed by atoms with Gasteiger partial charge in [-0.3, -0.25) is 4.98 Å². The van der Waals surface area contributed by atoms with Crippen LogP contribution in [0.25, 0.3) is 0 Å². The van der Waals surface area contributed by atoms with Crippen LogP contribution in [0, 0.1) is 5.92 Å². The Morgan fingerprint density at radius 3 is 1.69 bits per heavy atom. The summed E-state index contributed by atoms with van der Waals surface area (Å²) >= 11 is 0. The van der Waals surface area contributed by atoms with Gasteiger partial charge in [0.05, 0.1) is 0 Å². The lowest BCUT2D eigenvalue weighted by Crippen LogP contribution is -1.88. The zero-order chi connectivity index (χ0) is 26.7. The molecule has 0 amide bonds. The van der Waals surface area contributed by atoms with Gasteiger partial charge in [0.1, 0.15) is 5.82 Å². The number of nitrogens with zero attached hydrogens (tertiary/aromatic N) is 3. The number of aromatic nitrogens is 3. The van der Waals surface area contributed by atoms with Gasteiger partial charge in [-0.05, 0) is 55.0 Å². The molecule has 1 aliphatic rings. The van der Waals surface area contributed by atoms with E-state index in [1.54, 1.807) is 30.7 Å². The van der Waals surface area contributed by atoms with Gasteiger partial charge in [-0.15, -0.1) is 31.2 Å². The molecule has 186 valence electrons. The molecule has 1 fully saturated rings. The predicted octanol–water partition coefficient (Wildman–Crippen LogP) is 8.13. The van der Waals surface area contributed by atoms with Crippen LogP contribution in [0.15, 0.2) is 148 Å². The lowest BCUT2D eigenvalue weighted by molar-refractivity contribution is 0.990. The monoisotopic (exact) mass is 477 g/mol. The number of rotatable bonds is 7. The molecule has 2 aromatic heterocycles. The second-order valence-corrected chi connectivity index (χ2v) is 7.41. The Labute approximate surface area is 218 Å². The van der Waals surface area contributed by atoms with E-state index in [9.17, 15) is 0 Å². The Kier molecular flexibility index (Phi) is 21.0. The summed E-state index contributed by atoms with van der Waals surface area (Å²) in [4.78, 5) is 12.1. The average Bonchev–Trinajstić information content (AvgIpc) is 3.73. The molecule has 3 nitrogen and oxygen atoms in total. The third-order valence-corrected chi connectivity index (χ3v) is 4.22. The molecule has 0 radical (unpaired) electrons. The first-order valence-electron chi connectivity index (χ1n) is 11.8. The quantitative estimate of drug-likeness (QED) is 0.255. The van der Waals surface area contributed by atoms with Crippen molar-refractivity contribution >= 4 is 0 Å². The molecule has 0 spiro atoms. The molecule has 1 aliphatic carbocycles. The largest absolute Gasteiger partial charge is 0.261 e. The fourth-order valence-electron chi connectivity index (χ4n) is 2.44. The van der Waals surface area contributed by atoms with Gasteiger partial charge in [-0.2, -0.15) is 0 Å². The molecular weight excluding hydrogens is 438 g/mol. The molecule has 2 heterocycles. The summed E-state index contributed by atoms with van der Waals surface area (Å²) < 4.78 is 0. The average molecular weight is 478 g/mol. The van der Waals surface area contributed by atoms with Crippen molar-refractivity contribution in [3.05, 3.63) is 166 Å². The van der Waals surface area contributed by atoms with E-state index in [0.29, 0.717) is 0 Å². The van der Waals surface area contributed by atoms with Crippen molar-refractivity contribution < 1.29 is 0 Å². The summed E-state index contributed by atoms with van der Waals surface area (Å²) in [5.74, 6) is 1.68. The predicted molar refractivity (Wildman–Crippen MR) is 156 cm³/mol. The van der Waals surface area contributed by atoms with E-state index in [-0.39, 0.29) is 0 Å². The van der Waals surface area contributed by atoms with Gasteiger partial charge >= 0.3 is 0 Å². The van der Waals surface area contributed by atoms with Crippen LogP contribution in [0.2, 0.25) is 0 Å². The van der Waals surface area contributed by atoms with Crippen molar-refractivity contribution in [2.45, 2.75) is 32.1 Å². The summed E-state index contributed by atoms with van der Waals surface area (Å²) in [6.07, 6.45) is 18.1. The maximum absolute atomic E-state index is 4.10. The highest BCUT2D eigenvalue weighted by Crippen LogP contribution is 2.29. The van der Waals surface area contributed by atoms with E-state index < -0.39 is 0 Å². The first-order valence-corrected chi connectivity index (χ1v) is 11.8. The molecule has 0 unspecified atom stereocenters. The number of pyridine rings is 1. The van der Waals surface area contributed by atoms with Crippen LogP contribution in [0.5, 0.6) is 0 Å².